The van der Waals surface area contributed by atoms with Crippen LogP contribution in [-0.4, -0.2) is 18.5 Å². The zero-order valence-electron chi connectivity index (χ0n) is 11.1. The van der Waals surface area contributed by atoms with Crippen molar-refractivity contribution in [1.82, 2.24) is 5.32 Å². The molecule has 0 atom stereocenters. The third-order valence-electron chi connectivity index (χ3n) is 3.54. The molecule has 0 unspecified atom stereocenters. The molecule has 1 aliphatic carbocycles. The molecule has 0 aromatic heterocycles. The molecule has 2 rings (SSSR count). The van der Waals surface area contributed by atoms with Gasteiger partial charge in [-0.3, -0.25) is 4.79 Å². The second kappa shape index (κ2) is 7.65. The van der Waals surface area contributed by atoms with Crippen LogP contribution in [0.2, 0.25) is 0 Å². The molecule has 1 aromatic carbocycles. The zero-order valence-corrected chi connectivity index (χ0v) is 12.7. The van der Waals surface area contributed by atoms with Crippen molar-refractivity contribution in [3.8, 4) is 0 Å². The Hall–Kier alpha value is -0.870. The van der Waals surface area contributed by atoms with Gasteiger partial charge >= 0.3 is 0 Å². The number of anilines is 1. The lowest BCUT2D eigenvalue weighted by molar-refractivity contribution is -0.116. The average Bonchev–Trinajstić information content (AvgIpc) is 2.43. The minimum Gasteiger partial charge on any atom is -0.325 e. The summed E-state index contributed by atoms with van der Waals surface area (Å²) in [7, 11) is 0. The molecule has 2 N–H and O–H groups in total. The van der Waals surface area contributed by atoms with Crippen LogP contribution in [0.3, 0.4) is 0 Å². The number of hydrogen-bond donors (Lipinski definition) is 2. The molecule has 0 bridgehead atoms. The van der Waals surface area contributed by atoms with E-state index in [0.29, 0.717) is 12.5 Å². The number of halogens is 1. The van der Waals surface area contributed by atoms with E-state index in [-0.39, 0.29) is 5.91 Å². The summed E-state index contributed by atoms with van der Waals surface area (Å²) in [6, 6.07) is 8.29. The van der Waals surface area contributed by atoms with Crippen molar-refractivity contribution in [2.75, 3.05) is 11.9 Å². The number of para-hydroxylation sites is 1. The SMILES string of the molecule is O=C(CCNC1CCCCC1)Nc1ccccc1Br. The first-order chi connectivity index (χ1) is 9.25. The normalized spacial score (nSPS) is 16.3. The van der Waals surface area contributed by atoms with Crippen LogP contribution in [0.5, 0.6) is 0 Å². The smallest absolute Gasteiger partial charge is 0.225 e. The maximum Gasteiger partial charge on any atom is 0.225 e. The van der Waals surface area contributed by atoms with E-state index in [0.717, 1.165) is 16.7 Å². The minimum atomic E-state index is 0.0650. The Kier molecular flexibility index (Phi) is 5.86. The van der Waals surface area contributed by atoms with E-state index >= 15 is 0 Å². The highest BCUT2D eigenvalue weighted by atomic mass is 79.9. The summed E-state index contributed by atoms with van der Waals surface area (Å²) in [5.74, 6) is 0.0650. The summed E-state index contributed by atoms with van der Waals surface area (Å²) >= 11 is 3.43. The topological polar surface area (TPSA) is 41.1 Å². The molecule has 1 fully saturated rings. The quantitative estimate of drug-likeness (QED) is 0.867. The highest BCUT2D eigenvalue weighted by Crippen LogP contribution is 2.21. The molecule has 1 saturated carbocycles. The van der Waals surface area contributed by atoms with Crippen LogP contribution in [0.4, 0.5) is 5.69 Å². The number of rotatable bonds is 5. The molecular formula is C15H21BrN2O. The highest BCUT2D eigenvalue weighted by molar-refractivity contribution is 9.10. The van der Waals surface area contributed by atoms with Crippen LogP contribution in [0.15, 0.2) is 28.7 Å². The van der Waals surface area contributed by atoms with Gasteiger partial charge in [-0.05, 0) is 40.9 Å². The molecule has 1 aliphatic rings. The largest absolute Gasteiger partial charge is 0.325 e. The summed E-state index contributed by atoms with van der Waals surface area (Å²) in [6.45, 7) is 0.765. The van der Waals surface area contributed by atoms with E-state index in [9.17, 15) is 4.79 Å². The Morgan fingerprint density at radius 3 is 2.68 bits per heavy atom. The first-order valence-electron chi connectivity index (χ1n) is 7.03. The maximum atomic E-state index is 11.8. The van der Waals surface area contributed by atoms with Crippen LogP contribution in [0.25, 0.3) is 0 Å². The maximum absolute atomic E-state index is 11.8. The van der Waals surface area contributed by atoms with Gasteiger partial charge in [-0.25, -0.2) is 0 Å². The van der Waals surface area contributed by atoms with Crippen molar-refractivity contribution in [2.24, 2.45) is 0 Å². The lowest BCUT2D eigenvalue weighted by Crippen LogP contribution is -2.33. The van der Waals surface area contributed by atoms with Crippen molar-refractivity contribution < 1.29 is 4.79 Å². The standard InChI is InChI=1S/C15H21BrN2O/c16-13-8-4-5-9-14(13)18-15(19)10-11-17-12-6-2-1-3-7-12/h4-5,8-9,12,17H,1-3,6-7,10-11H2,(H,18,19). The third kappa shape index (κ3) is 4.96. The van der Waals surface area contributed by atoms with Gasteiger partial charge in [0.05, 0.1) is 5.69 Å². The summed E-state index contributed by atoms with van der Waals surface area (Å²) in [5, 5.41) is 6.40. The molecular weight excluding hydrogens is 304 g/mol. The number of hydrogen-bond acceptors (Lipinski definition) is 2. The van der Waals surface area contributed by atoms with E-state index in [1.165, 1.54) is 32.1 Å². The lowest BCUT2D eigenvalue weighted by Gasteiger charge is -2.22. The van der Waals surface area contributed by atoms with E-state index < -0.39 is 0 Å². The second-order valence-electron chi connectivity index (χ2n) is 5.07. The molecule has 0 heterocycles. The van der Waals surface area contributed by atoms with Crippen LogP contribution in [-0.2, 0) is 4.79 Å². The van der Waals surface area contributed by atoms with Gasteiger partial charge in [-0.15, -0.1) is 0 Å². The molecule has 4 heteroatoms. The number of benzene rings is 1. The number of amides is 1. The van der Waals surface area contributed by atoms with Crippen LogP contribution in [0.1, 0.15) is 38.5 Å². The molecule has 3 nitrogen and oxygen atoms in total. The van der Waals surface area contributed by atoms with Gasteiger partial charge in [0.2, 0.25) is 5.91 Å². The Morgan fingerprint density at radius 2 is 1.95 bits per heavy atom. The van der Waals surface area contributed by atoms with Crippen molar-refractivity contribution in [1.29, 1.82) is 0 Å². The van der Waals surface area contributed by atoms with Gasteiger partial charge in [0.15, 0.2) is 0 Å². The summed E-state index contributed by atoms with van der Waals surface area (Å²) in [4.78, 5) is 11.8. The monoisotopic (exact) mass is 324 g/mol. The zero-order chi connectivity index (χ0) is 13.5. The third-order valence-corrected chi connectivity index (χ3v) is 4.23. The summed E-state index contributed by atoms with van der Waals surface area (Å²) < 4.78 is 0.920. The molecule has 0 radical (unpaired) electrons. The van der Waals surface area contributed by atoms with Crippen molar-refractivity contribution in [3.05, 3.63) is 28.7 Å². The predicted octanol–water partition coefficient (Wildman–Crippen LogP) is 3.70. The fourth-order valence-corrected chi connectivity index (χ4v) is 2.86. The highest BCUT2D eigenvalue weighted by Gasteiger charge is 2.13. The predicted molar refractivity (Wildman–Crippen MR) is 82.3 cm³/mol. The van der Waals surface area contributed by atoms with Crippen molar-refractivity contribution in [2.45, 2.75) is 44.6 Å². The first-order valence-corrected chi connectivity index (χ1v) is 7.83. The van der Waals surface area contributed by atoms with E-state index in [1.807, 2.05) is 24.3 Å². The van der Waals surface area contributed by atoms with Gasteiger partial charge in [-0.2, -0.15) is 0 Å². The van der Waals surface area contributed by atoms with Crippen LogP contribution in [0, 0.1) is 0 Å². The molecule has 19 heavy (non-hydrogen) atoms. The molecule has 1 amide bonds. The Labute approximate surface area is 123 Å². The second-order valence-corrected chi connectivity index (χ2v) is 5.92. The van der Waals surface area contributed by atoms with Gasteiger partial charge in [0.25, 0.3) is 0 Å². The van der Waals surface area contributed by atoms with E-state index in [2.05, 4.69) is 26.6 Å². The van der Waals surface area contributed by atoms with Crippen molar-refractivity contribution >= 4 is 27.5 Å². The fourth-order valence-electron chi connectivity index (χ4n) is 2.47. The minimum absolute atomic E-state index is 0.0650. The van der Waals surface area contributed by atoms with Crippen LogP contribution < -0.4 is 10.6 Å². The Balaban J connectivity index is 1.68. The Morgan fingerprint density at radius 1 is 1.21 bits per heavy atom. The fraction of sp³-hybridized carbons (Fsp3) is 0.533. The summed E-state index contributed by atoms with van der Waals surface area (Å²) in [6.07, 6.45) is 7.04. The van der Waals surface area contributed by atoms with E-state index in [4.69, 9.17) is 0 Å². The van der Waals surface area contributed by atoms with Gasteiger partial charge < -0.3 is 10.6 Å². The van der Waals surface area contributed by atoms with E-state index in [1.54, 1.807) is 0 Å². The van der Waals surface area contributed by atoms with Gasteiger partial charge in [-0.1, -0.05) is 31.4 Å². The number of carbonyl (C=O) groups is 1. The molecule has 1 aromatic rings. The molecule has 0 aliphatic heterocycles. The molecule has 0 spiro atoms. The molecule has 0 saturated heterocycles. The molecule has 104 valence electrons. The van der Waals surface area contributed by atoms with Gasteiger partial charge in [0.1, 0.15) is 0 Å². The first kappa shape index (κ1) is 14.5. The Bertz CT molecular complexity index is 416. The van der Waals surface area contributed by atoms with Crippen LogP contribution >= 0.6 is 15.9 Å². The lowest BCUT2D eigenvalue weighted by atomic mass is 9.95. The summed E-state index contributed by atoms with van der Waals surface area (Å²) in [5.41, 5.74) is 0.838. The van der Waals surface area contributed by atoms with Gasteiger partial charge in [0, 0.05) is 23.5 Å². The average molecular weight is 325 g/mol. The number of nitrogens with one attached hydrogen (secondary N) is 2. The number of carbonyl (C=O) groups excluding carboxylic acids is 1. The van der Waals surface area contributed by atoms with Crippen molar-refractivity contribution in [3.63, 3.8) is 0 Å².